The molecule has 1 aromatic rings. The average molecular weight is 375 g/mol. The highest BCUT2D eigenvalue weighted by Gasteiger charge is 2.33. The summed E-state index contributed by atoms with van der Waals surface area (Å²) in [5.74, 6) is -0.157. The maximum Gasteiger partial charge on any atom is 0.227 e. The fraction of sp³-hybridized carbons (Fsp3) is 0.632. The molecule has 0 unspecified atom stereocenters. The molecule has 3 rings (SSSR count). The minimum absolute atomic E-state index is 0.00947. The number of piperidine rings is 1. The topological polar surface area (TPSA) is 95.6 Å². The summed E-state index contributed by atoms with van der Waals surface area (Å²) in [6.45, 7) is 6.93. The standard InChI is InChI=1S/C19H29N5O3/c1-14-11-20-3-2-17(14)22-4-5-23-18(25)15-10-16(13-21-12-15)19(26)24-6-8-27-9-7-24/h2-3,11,15-16,21H,4-10,12-13H2,1H3,(H,20,22)(H,23,25)/t15-,16-/m1/s1. The minimum Gasteiger partial charge on any atom is -0.383 e. The second kappa shape index (κ2) is 9.66. The minimum atomic E-state index is -0.170. The molecule has 2 amide bonds. The lowest BCUT2D eigenvalue weighted by molar-refractivity contribution is -0.141. The summed E-state index contributed by atoms with van der Waals surface area (Å²) in [5, 5.41) is 9.52. The average Bonchev–Trinajstić information content (AvgIpc) is 2.72. The quantitative estimate of drug-likeness (QED) is 0.606. The van der Waals surface area contributed by atoms with Gasteiger partial charge in [-0.2, -0.15) is 0 Å². The molecule has 8 nitrogen and oxygen atoms in total. The van der Waals surface area contributed by atoms with Crippen molar-refractivity contribution >= 4 is 17.5 Å². The summed E-state index contributed by atoms with van der Waals surface area (Å²) in [6.07, 6.45) is 4.15. The molecule has 27 heavy (non-hydrogen) atoms. The van der Waals surface area contributed by atoms with E-state index in [1.807, 2.05) is 17.9 Å². The number of carbonyl (C=O) groups is 2. The van der Waals surface area contributed by atoms with Gasteiger partial charge in [0.25, 0.3) is 0 Å². The third-order valence-corrected chi connectivity index (χ3v) is 5.15. The molecule has 1 aromatic heterocycles. The van der Waals surface area contributed by atoms with Crippen molar-refractivity contribution < 1.29 is 14.3 Å². The summed E-state index contributed by atoms with van der Waals surface area (Å²) in [5.41, 5.74) is 2.10. The largest absolute Gasteiger partial charge is 0.383 e. The lowest BCUT2D eigenvalue weighted by Gasteiger charge is -2.34. The molecule has 3 heterocycles. The number of pyridine rings is 1. The first kappa shape index (κ1) is 19.6. The Morgan fingerprint density at radius 1 is 1.26 bits per heavy atom. The number of anilines is 1. The lowest BCUT2D eigenvalue weighted by atomic mass is 9.88. The highest BCUT2D eigenvalue weighted by molar-refractivity contribution is 5.83. The van der Waals surface area contributed by atoms with Gasteiger partial charge in [-0.3, -0.25) is 14.6 Å². The van der Waals surface area contributed by atoms with E-state index in [1.165, 1.54) is 0 Å². The number of aromatic nitrogens is 1. The number of nitrogens with one attached hydrogen (secondary N) is 3. The van der Waals surface area contributed by atoms with Crippen LogP contribution in [0, 0.1) is 18.8 Å². The third kappa shape index (κ3) is 5.40. The van der Waals surface area contributed by atoms with Crippen LogP contribution in [0.25, 0.3) is 0 Å². The van der Waals surface area contributed by atoms with Gasteiger partial charge in [-0.1, -0.05) is 0 Å². The van der Waals surface area contributed by atoms with Crippen molar-refractivity contribution in [2.45, 2.75) is 13.3 Å². The summed E-state index contributed by atoms with van der Waals surface area (Å²) < 4.78 is 5.31. The van der Waals surface area contributed by atoms with E-state index in [0.717, 1.165) is 11.3 Å². The molecule has 2 atom stereocenters. The van der Waals surface area contributed by atoms with Crippen molar-refractivity contribution in [2.75, 3.05) is 57.8 Å². The van der Waals surface area contributed by atoms with E-state index in [-0.39, 0.29) is 23.7 Å². The van der Waals surface area contributed by atoms with E-state index in [4.69, 9.17) is 4.74 Å². The number of ether oxygens (including phenoxy) is 1. The van der Waals surface area contributed by atoms with Crippen molar-refractivity contribution in [3.63, 3.8) is 0 Å². The molecule has 0 saturated carbocycles. The molecule has 0 aromatic carbocycles. The van der Waals surface area contributed by atoms with Crippen LogP contribution in [0.3, 0.4) is 0 Å². The Labute approximate surface area is 160 Å². The van der Waals surface area contributed by atoms with Crippen LogP contribution in [-0.2, 0) is 14.3 Å². The summed E-state index contributed by atoms with van der Waals surface area (Å²) in [4.78, 5) is 31.1. The molecule has 0 aliphatic carbocycles. The van der Waals surface area contributed by atoms with Crippen LogP contribution in [0.2, 0.25) is 0 Å². The van der Waals surface area contributed by atoms with E-state index in [0.29, 0.717) is 58.9 Å². The Hall–Kier alpha value is -2.19. The predicted octanol–water partition coefficient (Wildman–Crippen LogP) is 0.00262. The van der Waals surface area contributed by atoms with E-state index >= 15 is 0 Å². The zero-order valence-corrected chi connectivity index (χ0v) is 15.9. The second-order valence-corrected chi connectivity index (χ2v) is 7.13. The number of rotatable bonds is 6. The normalized spacial score (nSPS) is 22.9. The SMILES string of the molecule is Cc1cnccc1NCCNC(=O)[C@H]1CNC[C@H](C(=O)N2CCOCC2)C1. The Morgan fingerprint density at radius 2 is 2.04 bits per heavy atom. The summed E-state index contributed by atoms with van der Waals surface area (Å²) in [6, 6.07) is 1.92. The predicted molar refractivity (Wildman–Crippen MR) is 102 cm³/mol. The molecule has 148 valence electrons. The molecule has 0 radical (unpaired) electrons. The zero-order valence-electron chi connectivity index (χ0n) is 15.9. The number of morpholine rings is 1. The van der Waals surface area contributed by atoms with E-state index < -0.39 is 0 Å². The number of hydrogen-bond acceptors (Lipinski definition) is 6. The Kier molecular flexibility index (Phi) is 7.00. The molecule has 2 saturated heterocycles. The number of amides is 2. The Balaban J connectivity index is 1.41. The highest BCUT2D eigenvalue weighted by atomic mass is 16.5. The van der Waals surface area contributed by atoms with Gasteiger partial charge in [0.2, 0.25) is 11.8 Å². The van der Waals surface area contributed by atoms with Gasteiger partial charge in [0.05, 0.1) is 25.0 Å². The van der Waals surface area contributed by atoms with Crippen molar-refractivity contribution in [2.24, 2.45) is 11.8 Å². The molecule has 3 N–H and O–H groups in total. The Morgan fingerprint density at radius 3 is 2.81 bits per heavy atom. The van der Waals surface area contributed by atoms with Gasteiger partial charge in [-0.25, -0.2) is 0 Å². The summed E-state index contributed by atoms with van der Waals surface area (Å²) in [7, 11) is 0. The van der Waals surface area contributed by atoms with Crippen molar-refractivity contribution in [3.8, 4) is 0 Å². The van der Waals surface area contributed by atoms with Gasteiger partial charge < -0.3 is 25.6 Å². The van der Waals surface area contributed by atoms with Crippen LogP contribution in [0.4, 0.5) is 5.69 Å². The van der Waals surface area contributed by atoms with E-state index in [1.54, 1.807) is 12.4 Å². The highest BCUT2D eigenvalue weighted by Crippen LogP contribution is 2.19. The fourth-order valence-corrected chi connectivity index (χ4v) is 3.57. The number of carbonyl (C=O) groups excluding carboxylic acids is 2. The Bertz CT molecular complexity index is 648. The third-order valence-electron chi connectivity index (χ3n) is 5.15. The zero-order chi connectivity index (χ0) is 19.1. The van der Waals surface area contributed by atoms with Crippen LogP contribution >= 0.6 is 0 Å². The first-order valence-electron chi connectivity index (χ1n) is 9.64. The maximum atomic E-state index is 12.7. The van der Waals surface area contributed by atoms with Gasteiger partial charge in [0.1, 0.15) is 0 Å². The van der Waals surface area contributed by atoms with Crippen LogP contribution in [0.5, 0.6) is 0 Å². The monoisotopic (exact) mass is 375 g/mol. The van der Waals surface area contributed by atoms with Crippen LogP contribution in [-0.4, -0.2) is 74.2 Å². The van der Waals surface area contributed by atoms with Gasteiger partial charge in [0.15, 0.2) is 0 Å². The maximum absolute atomic E-state index is 12.7. The summed E-state index contributed by atoms with van der Waals surface area (Å²) >= 11 is 0. The molecular formula is C19H29N5O3. The number of nitrogens with zero attached hydrogens (tertiary/aromatic N) is 2. The van der Waals surface area contributed by atoms with Crippen LogP contribution in [0.1, 0.15) is 12.0 Å². The van der Waals surface area contributed by atoms with Crippen molar-refractivity contribution in [1.82, 2.24) is 20.5 Å². The van der Waals surface area contributed by atoms with E-state index in [2.05, 4.69) is 20.9 Å². The molecule has 0 bridgehead atoms. The van der Waals surface area contributed by atoms with Crippen molar-refractivity contribution in [1.29, 1.82) is 0 Å². The first-order chi connectivity index (χ1) is 13.1. The van der Waals surface area contributed by atoms with E-state index in [9.17, 15) is 9.59 Å². The second-order valence-electron chi connectivity index (χ2n) is 7.13. The van der Waals surface area contributed by atoms with Crippen molar-refractivity contribution in [3.05, 3.63) is 24.0 Å². The molecule has 2 fully saturated rings. The van der Waals surface area contributed by atoms with Gasteiger partial charge >= 0.3 is 0 Å². The molecule has 0 spiro atoms. The first-order valence-corrected chi connectivity index (χ1v) is 9.64. The lowest BCUT2D eigenvalue weighted by Crippen LogP contribution is -2.51. The van der Waals surface area contributed by atoms with Gasteiger partial charge in [-0.15, -0.1) is 0 Å². The van der Waals surface area contributed by atoms with Gasteiger partial charge in [-0.05, 0) is 25.0 Å². The van der Waals surface area contributed by atoms with Crippen LogP contribution in [0.15, 0.2) is 18.5 Å². The molecule has 2 aliphatic rings. The molecule has 2 aliphatic heterocycles. The molecule has 8 heteroatoms. The fourth-order valence-electron chi connectivity index (χ4n) is 3.57. The smallest absolute Gasteiger partial charge is 0.227 e. The van der Waals surface area contributed by atoms with Gasteiger partial charge in [0, 0.05) is 57.3 Å². The number of aryl methyl sites for hydroxylation is 1. The molecular weight excluding hydrogens is 346 g/mol. The van der Waals surface area contributed by atoms with Crippen LogP contribution < -0.4 is 16.0 Å². The number of hydrogen-bond donors (Lipinski definition) is 3.